The van der Waals surface area contributed by atoms with Gasteiger partial charge in [0.2, 0.25) is 5.65 Å². The molecule has 1 unspecified atom stereocenters. The molecule has 0 fully saturated rings. The molecule has 3 heteroatoms. The van der Waals surface area contributed by atoms with E-state index in [-0.39, 0.29) is 5.65 Å². The van der Waals surface area contributed by atoms with Crippen LogP contribution >= 0.6 is 7.92 Å². The van der Waals surface area contributed by atoms with Crippen LogP contribution in [0.5, 0.6) is 0 Å². The van der Waals surface area contributed by atoms with Gasteiger partial charge in [0.1, 0.15) is 0 Å². The lowest BCUT2D eigenvalue weighted by atomic mass is 10.0. The van der Waals surface area contributed by atoms with Crippen LogP contribution in [0.4, 0.5) is 4.79 Å². The van der Waals surface area contributed by atoms with Gasteiger partial charge in [-0.2, -0.15) is 0 Å². The Morgan fingerprint density at radius 2 is 2.00 bits per heavy atom. The highest BCUT2D eigenvalue weighted by Crippen LogP contribution is 2.40. The Kier molecular flexibility index (Phi) is 2.45. The van der Waals surface area contributed by atoms with Gasteiger partial charge < -0.3 is 5.73 Å². The second kappa shape index (κ2) is 3.97. The number of carbonyl (C=O) groups is 1. The summed E-state index contributed by atoms with van der Waals surface area (Å²) in [6, 6.07) is 12.4. The number of nitrogens with two attached hydrogens (primary N) is 1. The van der Waals surface area contributed by atoms with Crippen molar-refractivity contribution in [3.8, 4) is 0 Å². The number of primary amides is 1. The normalized spacial score (nSPS) is 18.0. The SMILES string of the molecule is NC(=O)P1CC=Cc2c1ccc1ccccc21. The lowest BCUT2D eigenvalue weighted by molar-refractivity contribution is 0.266. The fraction of sp³-hybridized carbons (Fsp3) is 0.0714. The third-order valence-electron chi connectivity index (χ3n) is 3.08. The summed E-state index contributed by atoms with van der Waals surface area (Å²) in [4.78, 5) is 11.5. The molecule has 2 nitrogen and oxygen atoms in total. The van der Waals surface area contributed by atoms with E-state index in [1.54, 1.807) is 0 Å². The van der Waals surface area contributed by atoms with Crippen LogP contribution in [0, 0.1) is 0 Å². The van der Waals surface area contributed by atoms with Gasteiger partial charge >= 0.3 is 0 Å². The summed E-state index contributed by atoms with van der Waals surface area (Å²) in [6.07, 6.45) is 4.95. The third kappa shape index (κ3) is 1.65. The van der Waals surface area contributed by atoms with Crippen LogP contribution in [0.15, 0.2) is 42.5 Å². The van der Waals surface area contributed by atoms with Crippen molar-refractivity contribution < 1.29 is 4.79 Å². The highest BCUT2D eigenvalue weighted by Gasteiger charge is 2.22. The van der Waals surface area contributed by atoms with Gasteiger partial charge in [-0.1, -0.05) is 48.6 Å². The number of hydrogen-bond acceptors (Lipinski definition) is 1. The summed E-state index contributed by atoms with van der Waals surface area (Å²) in [7, 11) is -0.868. The molecule has 0 radical (unpaired) electrons. The van der Waals surface area contributed by atoms with E-state index in [0.29, 0.717) is 0 Å². The molecule has 1 amide bonds. The van der Waals surface area contributed by atoms with Crippen molar-refractivity contribution in [2.45, 2.75) is 0 Å². The number of rotatable bonds is 1. The molecule has 2 N–H and O–H groups in total. The van der Waals surface area contributed by atoms with Crippen molar-refractivity contribution in [1.29, 1.82) is 0 Å². The van der Waals surface area contributed by atoms with E-state index in [0.717, 1.165) is 11.5 Å². The zero-order chi connectivity index (χ0) is 11.8. The monoisotopic (exact) mass is 241 g/mol. The van der Waals surface area contributed by atoms with Crippen LogP contribution in [0.3, 0.4) is 0 Å². The van der Waals surface area contributed by atoms with Gasteiger partial charge in [-0.15, -0.1) is 0 Å². The molecule has 0 saturated heterocycles. The first-order valence-corrected chi connectivity index (χ1v) is 7.05. The van der Waals surface area contributed by atoms with Crippen LogP contribution < -0.4 is 11.0 Å². The maximum atomic E-state index is 11.5. The van der Waals surface area contributed by atoms with Crippen LogP contribution in [-0.2, 0) is 0 Å². The van der Waals surface area contributed by atoms with Crippen molar-refractivity contribution in [2.24, 2.45) is 5.73 Å². The highest BCUT2D eigenvalue weighted by atomic mass is 31.1. The fourth-order valence-corrected chi connectivity index (χ4v) is 3.95. The Labute approximate surface area is 101 Å². The quantitative estimate of drug-likeness (QED) is 0.766. The minimum atomic E-state index is -0.868. The number of carbonyl (C=O) groups excluding carboxylic acids is 1. The lowest BCUT2D eigenvalue weighted by Crippen LogP contribution is -2.20. The van der Waals surface area contributed by atoms with E-state index in [9.17, 15) is 4.79 Å². The average molecular weight is 241 g/mol. The molecule has 1 heterocycles. The molecule has 1 atom stereocenters. The van der Waals surface area contributed by atoms with E-state index in [4.69, 9.17) is 5.73 Å². The van der Waals surface area contributed by atoms with Gasteiger partial charge in [-0.25, -0.2) is 0 Å². The van der Waals surface area contributed by atoms with Gasteiger partial charge in [0.15, 0.2) is 0 Å². The Balaban J connectivity index is 2.31. The summed E-state index contributed by atoms with van der Waals surface area (Å²) >= 11 is 0. The van der Waals surface area contributed by atoms with Crippen LogP contribution in [0.25, 0.3) is 16.8 Å². The Morgan fingerprint density at radius 3 is 2.82 bits per heavy atom. The summed E-state index contributed by atoms with van der Waals surface area (Å²) in [5, 5.41) is 3.53. The molecule has 1 aliphatic heterocycles. The van der Waals surface area contributed by atoms with Crippen molar-refractivity contribution in [1.82, 2.24) is 0 Å². The molecule has 17 heavy (non-hydrogen) atoms. The van der Waals surface area contributed by atoms with Crippen molar-refractivity contribution in [3.63, 3.8) is 0 Å². The third-order valence-corrected chi connectivity index (χ3v) is 5.16. The van der Waals surface area contributed by atoms with Crippen molar-refractivity contribution in [3.05, 3.63) is 48.0 Å². The molecule has 0 saturated carbocycles. The molecule has 84 valence electrons. The number of benzene rings is 2. The lowest BCUT2D eigenvalue weighted by Gasteiger charge is -2.20. The summed E-state index contributed by atoms with van der Waals surface area (Å²) in [6.45, 7) is 0. The smallest absolute Gasteiger partial charge is 0.243 e. The number of hydrogen-bond donors (Lipinski definition) is 1. The van der Waals surface area contributed by atoms with Gasteiger partial charge in [0.05, 0.1) is 0 Å². The van der Waals surface area contributed by atoms with E-state index in [2.05, 4.69) is 36.4 Å². The molecule has 0 bridgehead atoms. The maximum Gasteiger partial charge on any atom is 0.243 e. The topological polar surface area (TPSA) is 43.1 Å². The van der Waals surface area contributed by atoms with Crippen LogP contribution in [-0.4, -0.2) is 11.8 Å². The fourth-order valence-electron chi connectivity index (χ4n) is 2.28. The van der Waals surface area contributed by atoms with Crippen molar-refractivity contribution in [2.75, 3.05) is 6.16 Å². The first-order chi connectivity index (χ1) is 8.27. The standard InChI is InChI=1S/C14H12NOP/c15-14(16)17-9-3-6-12-11-5-2-1-4-10(11)7-8-13(12)17/h1-8H,9H2,(H2,15,16). The molecule has 2 aromatic carbocycles. The predicted molar refractivity (Wildman–Crippen MR) is 74.0 cm³/mol. The summed E-state index contributed by atoms with van der Waals surface area (Å²) in [5.41, 5.74) is 6.47. The van der Waals surface area contributed by atoms with Crippen LogP contribution in [0.2, 0.25) is 0 Å². The van der Waals surface area contributed by atoms with Gasteiger partial charge in [-0.3, -0.25) is 4.79 Å². The Hall–Kier alpha value is -1.66. The molecule has 1 aliphatic rings. The molecule has 0 aliphatic carbocycles. The Morgan fingerprint density at radius 1 is 1.18 bits per heavy atom. The number of amides is 1. The summed E-state index contributed by atoms with van der Waals surface area (Å²) in [5.74, 6) is 0. The second-order valence-corrected chi connectivity index (χ2v) is 6.21. The zero-order valence-corrected chi connectivity index (χ0v) is 10.2. The first-order valence-electron chi connectivity index (χ1n) is 5.52. The summed E-state index contributed by atoms with van der Waals surface area (Å²) < 4.78 is 0. The van der Waals surface area contributed by atoms with Gasteiger partial charge in [-0.05, 0) is 27.8 Å². The number of fused-ring (bicyclic) bond motifs is 3. The minimum absolute atomic E-state index is 0.180. The molecule has 0 spiro atoms. The maximum absolute atomic E-state index is 11.5. The number of allylic oxidation sites excluding steroid dienone is 1. The predicted octanol–water partition coefficient (Wildman–Crippen LogP) is 3.05. The molecule has 2 aromatic rings. The highest BCUT2D eigenvalue weighted by molar-refractivity contribution is 7.81. The van der Waals surface area contributed by atoms with Crippen molar-refractivity contribution >= 4 is 35.7 Å². The minimum Gasteiger partial charge on any atom is -0.366 e. The average Bonchev–Trinajstić information content (AvgIpc) is 2.37. The van der Waals surface area contributed by atoms with E-state index < -0.39 is 7.92 Å². The van der Waals surface area contributed by atoms with Gasteiger partial charge in [0.25, 0.3) is 0 Å². The zero-order valence-electron chi connectivity index (χ0n) is 9.26. The molecule has 3 rings (SSSR count). The molecular formula is C14H12NOP. The van der Waals surface area contributed by atoms with Gasteiger partial charge in [0, 0.05) is 7.92 Å². The van der Waals surface area contributed by atoms with E-state index in [1.807, 2.05) is 12.1 Å². The molecule has 0 aromatic heterocycles. The largest absolute Gasteiger partial charge is 0.366 e. The first kappa shape index (κ1) is 10.5. The van der Waals surface area contributed by atoms with Crippen LogP contribution in [0.1, 0.15) is 5.56 Å². The van der Waals surface area contributed by atoms with E-state index >= 15 is 0 Å². The second-order valence-electron chi connectivity index (χ2n) is 4.07. The van der Waals surface area contributed by atoms with E-state index in [1.165, 1.54) is 16.3 Å². The molecular weight excluding hydrogens is 229 g/mol. The Bertz CT molecular complexity index is 633.